The molecule has 4 rings (SSSR count). The third kappa shape index (κ3) is 3.28. The normalized spacial score (nSPS) is 21.5. The van der Waals surface area contributed by atoms with Crippen LogP contribution in [0.15, 0.2) is 24.3 Å². The molecule has 0 saturated carbocycles. The maximum absolute atomic E-state index is 12.7. The van der Waals surface area contributed by atoms with Crippen molar-refractivity contribution in [3.05, 3.63) is 40.5 Å². The zero-order valence-corrected chi connectivity index (χ0v) is 14.1. The Balaban J connectivity index is 1.44. The molecule has 1 aromatic carbocycles. The standard InChI is InChI=1S/C17H17ClFN3O3/c18-11-1-2-15-10(5-11)6-12(9-24-15)20-17(23)14-7-16-22(21-14)4-3-13(8-19)25-16/h1-2,5,7,12-13H,3-4,6,8-9H2,(H,20,23)/t12-,13?/m1/s1. The van der Waals surface area contributed by atoms with Gasteiger partial charge < -0.3 is 14.8 Å². The lowest BCUT2D eigenvalue weighted by Crippen LogP contribution is -2.42. The number of carbonyl (C=O) groups is 1. The van der Waals surface area contributed by atoms with Crippen molar-refractivity contribution < 1.29 is 18.7 Å². The summed E-state index contributed by atoms with van der Waals surface area (Å²) in [7, 11) is 0. The molecule has 1 amide bonds. The van der Waals surface area contributed by atoms with E-state index in [4.69, 9.17) is 21.1 Å². The Labute approximate surface area is 148 Å². The molecule has 2 aliphatic heterocycles. The largest absolute Gasteiger partial charge is 0.491 e. The summed E-state index contributed by atoms with van der Waals surface area (Å²) in [6, 6.07) is 6.83. The zero-order valence-electron chi connectivity index (χ0n) is 13.4. The van der Waals surface area contributed by atoms with Gasteiger partial charge in [0.25, 0.3) is 5.91 Å². The first-order chi connectivity index (χ1) is 12.1. The lowest BCUT2D eigenvalue weighted by atomic mass is 10.0. The van der Waals surface area contributed by atoms with Crippen LogP contribution in [0.2, 0.25) is 5.02 Å². The fourth-order valence-electron chi connectivity index (χ4n) is 3.09. The van der Waals surface area contributed by atoms with Gasteiger partial charge in [0.1, 0.15) is 25.1 Å². The van der Waals surface area contributed by atoms with Crippen LogP contribution in [0.4, 0.5) is 4.39 Å². The Morgan fingerprint density at radius 3 is 3.16 bits per heavy atom. The highest BCUT2D eigenvalue weighted by atomic mass is 35.5. The number of alkyl halides is 1. The van der Waals surface area contributed by atoms with E-state index < -0.39 is 12.8 Å². The summed E-state index contributed by atoms with van der Waals surface area (Å²) < 4.78 is 25.5. The van der Waals surface area contributed by atoms with E-state index in [1.807, 2.05) is 12.1 Å². The van der Waals surface area contributed by atoms with Crippen molar-refractivity contribution in [3.63, 3.8) is 0 Å². The quantitative estimate of drug-likeness (QED) is 0.907. The van der Waals surface area contributed by atoms with Gasteiger partial charge in [-0.15, -0.1) is 0 Å². The number of hydrogen-bond acceptors (Lipinski definition) is 4. The molecule has 3 heterocycles. The van der Waals surface area contributed by atoms with Crippen LogP contribution in [0.1, 0.15) is 22.5 Å². The molecule has 0 aliphatic carbocycles. The van der Waals surface area contributed by atoms with E-state index in [1.54, 1.807) is 16.8 Å². The minimum absolute atomic E-state index is 0.170. The molecule has 0 spiro atoms. The molecule has 0 bridgehead atoms. The molecule has 132 valence electrons. The van der Waals surface area contributed by atoms with Crippen LogP contribution in [0, 0.1) is 0 Å². The van der Waals surface area contributed by atoms with Crippen molar-refractivity contribution >= 4 is 17.5 Å². The van der Waals surface area contributed by atoms with Gasteiger partial charge in [-0.3, -0.25) is 4.79 Å². The van der Waals surface area contributed by atoms with Gasteiger partial charge in [-0.25, -0.2) is 9.07 Å². The summed E-state index contributed by atoms with van der Waals surface area (Å²) in [4.78, 5) is 12.5. The molecule has 1 aromatic heterocycles. The van der Waals surface area contributed by atoms with E-state index >= 15 is 0 Å². The van der Waals surface area contributed by atoms with Gasteiger partial charge in [-0.1, -0.05) is 11.6 Å². The lowest BCUT2D eigenvalue weighted by Gasteiger charge is -2.25. The number of fused-ring (bicyclic) bond motifs is 2. The summed E-state index contributed by atoms with van der Waals surface area (Å²) in [5.41, 5.74) is 1.22. The van der Waals surface area contributed by atoms with Crippen molar-refractivity contribution in [3.8, 4) is 11.6 Å². The molecule has 2 aromatic rings. The van der Waals surface area contributed by atoms with Gasteiger partial charge in [0.2, 0.25) is 5.88 Å². The molecule has 8 heteroatoms. The molecule has 1 unspecified atom stereocenters. The number of aromatic nitrogens is 2. The number of hydrogen-bond donors (Lipinski definition) is 1. The molecule has 6 nitrogen and oxygen atoms in total. The predicted octanol–water partition coefficient (Wildman–Crippen LogP) is 2.39. The molecular weight excluding hydrogens is 349 g/mol. The Kier molecular flexibility index (Phi) is 4.25. The molecular formula is C17H17ClFN3O3. The average Bonchev–Trinajstić information content (AvgIpc) is 3.04. The number of nitrogens with zero attached hydrogens (tertiary/aromatic N) is 2. The van der Waals surface area contributed by atoms with Gasteiger partial charge in [0.15, 0.2) is 5.69 Å². The number of rotatable bonds is 3. The first-order valence-corrected chi connectivity index (χ1v) is 8.53. The van der Waals surface area contributed by atoms with Crippen LogP contribution in [0.25, 0.3) is 0 Å². The van der Waals surface area contributed by atoms with E-state index in [-0.39, 0.29) is 17.6 Å². The molecule has 0 radical (unpaired) electrons. The van der Waals surface area contributed by atoms with Crippen LogP contribution in [-0.4, -0.2) is 41.1 Å². The summed E-state index contributed by atoms with van der Waals surface area (Å²) in [5, 5.41) is 7.79. The van der Waals surface area contributed by atoms with Gasteiger partial charge in [0, 0.05) is 24.1 Å². The fraction of sp³-hybridized carbons (Fsp3) is 0.412. The number of halogens is 2. The van der Waals surface area contributed by atoms with Crippen LogP contribution in [0.3, 0.4) is 0 Å². The third-order valence-electron chi connectivity index (χ3n) is 4.36. The Morgan fingerprint density at radius 2 is 2.32 bits per heavy atom. The minimum Gasteiger partial charge on any atom is -0.491 e. The maximum Gasteiger partial charge on any atom is 0.272 e. The monoisotopic (exact) mass is 365 g/mol. The van der Waals surface area contributed by atoms with Crippen molar-refractivity contribution in [2.24, 2.45) is 0 Å². The number of aryl methyl sites for hydroxylation is 1. The van der Waals surface area contributed by atoms with Crippen LogP contribution in [-0.2, 0) is 13.0 Å². The smallest absolute Gasteiger partial charge is 0.272 e. The second-order valence-electron chi connectivity index (χ2n) is 6.21. The fourth-order valence-corrected chi connectivity index (χ4v) is 3.28. The predicted molar refractivity (Wildman–Crippen MR) is 89.1 cm³/mol. The van der Waals surface area contributed by atoms with Crippen molar-refractivity contribution in [2.75, 3.05) is 13.3 Å². The van der Waals surface area contributed by atoms with Gasteiger partial charge in [-0.2, -0.15) is 5.10 Å². The number of amides is 1. The molecule has 25 heavy (non-hydrogen) atoms. The Bertz CT molecular complexity index is 810. The lowest BCUT2D eigenvalue weighted by molar-refractivity contribution is 0.0908. The summed E-state index contributed by atoms with van der Waals surface area (Å²) in [5.74, 6) is 0.912. The molecule has 0 fully saturated rings. The minimum atomic E-state index is -0.548. The van der Waals surface area contributed by atoms with Crippen LogP contribution < -0.4 is 14.8 Å². The molecule has 2 atom stereocenters. The highest BCUT2D eigenvalue weighted by molar-refractivity contribution is 6.30. The number of benzene rings is 1. The maximum atomic E-state index is 12.7. The molecule has 1 N–H and O–H groups in total. The number of nitrogens with one attached hydrogen (secondary N) is 1. The van der Waals surface area contributed by atoms with Crippen LogP contribution >= 0.6 is 11.6 Å². The highest BCUT2D eigenvalue weighted by Gasteiger charge is 2.26. The van der Waals surface area contributed by atoms with Crippen molar-refractivity contribution in [1.82, 2.24) is 15.1 Å². The van der Waals surface area contributed by atoms with Crippen molar-refractivity contribution in [1.29, 1.82) is 0 Å². The SMILES string of the molecule is O=C(N[C@H]1COc2ccc(Cl)cc2C1)c1cc2n(n1)CCC(CF)O2. The Morgan fingerprint density at radius 1 is 1.44 bits per heavy atom. The summed E-state index contributed by atoms with van der Waals surface area (Å²) in [6.07, 6.45) is 0.712. The van der Waals surface area contributed by atoms with Gasteiger partial charge in [-0.05, 0) is 30.2 Å². The van der Waals surface area contributed by atoms with Gasteiger partial charge >= 0.3 is 0 Å². The van der Waals surface area contributed by atoms with Crippen LogP contribution in [0.5, 0.6) is 11.6 Å². The van der Waals surface area contributed by atoms with E-state index in [0.717, 1.165) is 11.3 Å². The Hall–Kier alpha value is -2.28. The topological polar surface area (TPSA) is 65.4 Å². The van der Waals surface area contributed by atoms with Gasteiger partial charge in [0.05, 0.1) is 6.04 Å². The van der Waals surface area contributed by atoms with E-state index in [9.17, 15) is 9.18 Å². The summed E-state index contributed by atoms with van der Waals surface area (Å²) >= 11 is 6.01. The first kappa shape index (κ1) is 16.2. The molecule has 0 saturated heterocycles. The average molecular weight is 366 g/mol. The van der Waals surface area contributed by atoms with E-state index in [2.05, 4.69) is 10.4 Å². The summed E-state index contributed by atoms with van der Waals surface area (Å²) in [6.45, 7) is 0.373. The van der Waals surface area contributed by atoms with Crippen molar-refractivity contribution in [2.45, 2.75) is 31.5 Å². The number of ether oxygens (including phenoxy) is 2. The zero-order chi connectivity index (χ0) is 17.4. The third-order valence-corrected chi connectivity index (χ3v) is 4.60. The second-order valence-corrected chi connectivity index (χ2v) is 6.65. The van der Waals surface area contributed by atoms with E-state index in [0.29, 0.717) is 36.9 Å². The second kappa shape index (κ2) is 6.55. The first-order valence-electron chi connectivity index (χ1n) is 8.15. The van der Waals surface area contributed by atoms with E-state index in [1.165, 1.54) is 0 Å². The molecule has 2 aliphatic rings. The highest BCUT2D eigenvalue weighted by Crippen LogP contribution is 2.28. The number of carbonyl (C=O) groups excluding carboxylic acids is 1.